The molecule has 0 unspecified atom stereocenters. The van der Waals surface area contributed by atoms with Gasteiger partial charge in [0.25, 0.3) is 0 Å². The molecule has 0 spiro atoms. The molecule has 0 saturated carbocycles. The molecule has 7 heteroatoms. The van der Waals surface area contributed by atoms with Crippen LogP contribution in [0.2, 0.25) is 0 Å². The molecule has 6 nitrogen and oxygen atoms in total. The number of hydrogen-bond acceptors (Lipinski definition) is 5. The molecule has 2 heterocycles. The summed E-state index contributed by atoms with van der Waals surface area (Å²) in [4.78, 5) is 16.1. The maximum absolute atomic E-state index is 11.9. The first-order valence-electron chi connectivity index (χ1n) is 5.43. The van der Waals surface area contributed by atoms with E-state index in [1.165, 1.54) is 0 Å². The first-order chi connectivity index (χ1) is 8.69. The van der Waals surface area contributed by atoms with Crippen LogP contribution >= 0.6 is 15.9 Å². The van der Waals surface area contributed by atoms with Crippen LogP contribution in [0.25, 0.3) is 0 Å². The van der Waals surface area contributed by atoms with E-state index in [-0.39, 0.29) is 12.2 Å². The number of rotatable bonds is 5. The Kier molecular flexibility index (Phi) is 4.16. The summed E-state index contributed by atoms with van der Waals surface area (Å²) in [5.74, 6) is -0.104. The fourth-order valence-corrected chi connectivity index (χ4v) is 1.67. The predicted molar refractivity (Wildman–Crippen MR) is 69.0 cm³/mol. The third kappa shape index (κ3) is 3.21. The summed E-state index contributed by atoms with van der Waals surface area (Å²) in [7, 11) is 0. The molecule has 0 saturated heterocycles. The monoisotopic (exact) mass is 309 g/mol. The summed E-state index contributed by atoms with van der Waals surface area (Å²) in [5.41, 5.74) is 6.44. The van der Waals surface area contributed by atoms with Gasteiger partial charge in [-0.2, -0.15) is 0 Å². The summed E-state index contributed by atoms with van der Waals surface area (Å²) >= 11 is 3.29. The molecule has 0 aliphatic heterocycles. The van der Waals surface area contributed by atoms with E-state index < -0.39 is 0 Å². The predicted octanol–water partition coefficient (Wildman–Crippen LogP) is 0.820. The van der Waals surface area contributed by atoms with E-state index >= 15 is 0 Å². The average Bonchev–Trinajstić information content (AvgIpc) is 2.81. The summed E-state index contributed by atoms with van der Waals surface area (Å²) in [6, 6.07) is 3.65. The Hall–Kier alpha value is -1.60. The normalized spacial score (nSPS) is 10.6. The molecule has 94 valence electrons. The standard InChI is InChI=1S/C11H12BrN5O/c12-8-1-2-9(14-6-8)5-11(18)10-7-17(4-3-13)16-15-10/h1-2,6-7H,3-5,13H2. The van der Waals surface area contributed by atoms with E-state index in [0.717, 1.165) is 4.47 Å². The van der Waals surface area contributed by atoms with Crippen molar-refractivity contribution in [2.24, 2.45) is 5.73 Å². The molecule has 2 aromatic heterocycles. The van der Waals surface area contributed by atoms with E-state index in [0.29, 0.717) is 24.5 Å². The molecule has 2 rings (SSSR count). The zero-order chi connectivity index (χ0) is 13.0. The highest BCUT2D eigenvalue weighted by Crippen LogP contribution is 2.09. The van der Waals surface area contributed by atoms with Gasteiger partial charge in [0.1, 0.15) is 5.69 Å². The van der Waals surface area contributed by atoms with Crippen LogP contribution in [0.5, 0.6) is 0 Å². The van der Waals surface area contributed by atoms with Gasteiger partial charge in [-0.3, -0.25) is 14.5 Å². The Morgan fingerprint density at radius 3 is 2.94 bits per heavy atom. The van der Waals surface area contributed by atoms with Gasteiger partial charge in [0, 0.05) is 22.9 Å². The van der Waals surface area contributed by atoms with Crippen molar-refractivity contribution in [2.45, 2.75) is 13.0 Å². The highest BCUT2D eigenvalue weighted by Gasteiger charge is 2.12. The quantitative estimate of drug-likeness (QED) is 0.826. The molecule has 0 radical (unpaired) electrons. The Balaban J connectivity index is 2.04. The van der Waals surface area contributed by atoms with Crippen LogP contribution in [-0.2, 0) is 13.0 Å². The lowest BCUT2D eigenvalue weighted by Gasteiger charge is -1.97. The number of halogens is 1. The second-order valence-electron chi connectivity index (χ2n) is 3.72. The smallest absolute Gasteiger partial charge is 0.190 e. The van der Waals surface area contributed by atoms with E-state index in [4.69, 9.17) is 5.73 Å². The lowest BCUT2D eigenvalue weighted by atomic mass is 10.1. The molecular formula is C11H12BrN5O. The Morgan fingerprint density at radius 2 is 2.28 bits per heavy atom. The zero-order valence-electron chi connectivity index (χ0n) is 9.58. The van der Waals surface area contributed by atoms with Crippen molar-refractivity contribution in [1.82, 2.24) is 20.0 Å². The van der Waals surface area contributed by atoms with Crippen molar-refractivity contribution in [1.29, 1.82) is 0 Å². The number of aromatic nitrogens is 4. The van der Waals surface area contributed by atoms with Crippen LogP contribution in [0.15, 0.2) is 29.0 Å². The third-order valence-electron chi connectivity index (χ3n) is 2.31. The molecule has 0 bridgehead atoms. The summed E-state index contributed by atoms with van der Waals surface area (Å²) in [6.45, 7) is 1.02. The van der Waals surface area contributed by atoms with Gasteiger partial charge in [0.15, 0.2) is 5.78 Å². The number of carbonyl (C=O) groups excluding carboxylic acids is 1. The molecule has 0 aliphatic carbocycles. The van der Waals surface area contributed by atoms with Crippen LogP contribution in [0, 0.1) is 0 Å². The van der Waals surface area contributed by atoms with Gasteiger partial charge >= 0.3 is 0 Å². The number of nitrogens with two attached hydrogens (primary N) is 1. The number of nitrogens with zero attached hydrogens (tertiary/aromatic N) is 4. The van der Waals surface area contributed by atoms with Crippen molar-refractivity contribution in [3.8, 4) is 0 Å². The second-order valence-corrected chi connectivity index (χ2v) is 4.64. The number of carbonyl (C=O) groups is 1. The number of Topliss-reactive ketones (excluding diaryl/α,β-unsaturated/α-hetero) is 1. The first-order valence-corrected chi connectivity index (χ1v) is 6.22. The summed E-state index contributed by atoms with van der Waals surface area (Å²) in [5, 5.41) is 7.64. The molecule has 2 N–H and O–H groups in total. The van der Waals surface area contributed by atoms with E-state index in [1.54, 1.807) is 23.1 Å². The molecule has 0 aliphatic rings. The van der Waals surface area contributed by atoms with Gasteiger partial charge in [-0.05, 0) is 28.1 Å². The maximum Gasteiger partial charge on any atom is 0.190 e. The fourth-order valence-electron chi connectivity index (χ4n) is 1.43. The molecule has 0 aromatic carbocycles. The minimum atomic E-state index is -0.104. The lowest BCUT2D eigenvalue weighted by Crippen LogP contribution is -2.10. The molecular weight excluding hydrogens is 298 g/mol. The van der Waals surface area contributed by atoms with E-state index in [9.17, 15) is 4.79 Å². The SMILES string of the molecule is NCCn1cc(C(=O)Cc2ccc(Br)cn2)nn1. The van der Waals surface area contributed by atoms with E-state index in [1.807, 2.05) is 6.07 Å². The van der Waals surface area contributed by atoms with Crippen LogP contribution < -0.4 is 5.73 Å². The average molecular weight is 310 g/mol. The van der Waals surface area contributed by atoms with E-state index in [2.05, 4.69) is 31.2 Å². The van der Waals surface area contributed by atoms with Gasteiger partial charge in [-0.1, -0.05) is 5.21 Å². The third-order valence-corrected chi connectivity index (χ3v) is 2.78. The van der Waals surface area contributed by atoms with Crippen molar-refractivity contribution >= 4 is 21.7 Å². The van der Waals surface area contributed by atoms with Gasteiger partial charge in [0.2, 0.25) is 0 Å². The van der Waals surface area contributed by atoms with Gasteiger partial charge < -0.3 is 5.73 Å². The summed E-state index contributed by atoms with van der Waals surface area (Å²) < 4.78 is 2.44. The zero-order valence-corrected chi connectivity index (χ0v) is 11.2. The van der Waals surface area contributed by atoms with Crippen molar-refractivity contribution in [2.75, 3.05) is 6.54 Å². The van der Waals surface area contributed by atoms with Crippen molar-refractivity contribution in [3.63, 3.8) is 0 Å². The minimum absolute atomic E-state index is 0.104. The van der Waals surface area contributed by atoms with Gasteiger partial charge in [0.05, 0.1) is 19.2 Å². The fraction of sp³-hybridized carbons (Fsp3) is 0.273. The highest BCUT2D eigenvalue weighted by molar-refractivity contribution is 9.10. The molecule has 2 aromatic rings. The second kappa shape index (κ2) is 5.83. The Morgan fingerprint density at radius 1 is 1.44 bits per heavy atom. The molecule has 0 amide bonds. The lowest BCUT2D eigenvalue weighted by molar-refractivity contribution is 0.0987. The summed E-state index contributed by atoms with van der Waals surface area (Å²) in [6.07, 6.45) is 3.48. The number of pyridine rings is 1. The molecule has 18 heavy (non-hydrogen) atoms. The van der Waals surface area contributed by atoms with Crippen molar-refractivity contribution < 1.29 is 4.79 Å². The van der Waals surface area contributed by atoms with Crippen molar-refractivity contribution in [3.05, 3.63) is 40.4 Å². The maximum atomic E-state index is 11.9. The van der Waals surface area contributed by atoms with Crippen LogP contribution in [-0.4, -0.2) is 32.3 Å². The van der Waals surface area contributed by atoms with Gasteiger partial charge in [-0.25, -0.2) is 0 Å². The number of ketones is 1. The minimum Gasteiger partial charge on any atom is -0.329 e. The Bertz CT molecular complexity index is 537. The molecule has 0 atom stereocenters. The number of hydrogen-bond donors (Lipinski definition) is 1. The topological polar surface area (TPSA) is 86.7 Å². The largest absolute Gasteiger partial charge is 0.329 e. The highest BCUT2D eigenvalue weighted by atomic mass is 79.9. The Labute approximate surface area is 112 Å². The van der Waals surface area contributed by atoms with Gasteiger partial charge in [-0.15, -0.1) is 5.10 Å². The van der Waals surface area contributed by atoms with Crippen LogP contribution in [0.1, 0.15) is 16.2 Å². The molecule has 0 fully saturated rings. The van der Waals surface area contributed by atoms with Crippen LogP contribution in [0.3, 0.4) is 0 Å². The van der Waals surface area contributed by atoms with Crippen LogP contribution in [0.4, 0.5) is 0 Å². The first kappa shape index (κ1) is 12.8.